The molecule has 2 aliphatic heterocycles. The number of benzene rings is 1. The highest BCUT2D eigenvalue weighted by Gasteiger charge is 2.41. The molecule has 0 unspecified atom stereocenters. The van der Waals surface area contributed by atoms with E-state index in [4.69, 9.17) is 4.74 Å². The predicted molar refractivity (Wildman–Crippen MR) is 102 cm³/mol. The second-order valence-electron chi connectivity index (χ2n) is 8.54. The first-order chi connectivity index (χ1) is 13.3. The van der Waals surface area contributed by atoms with Gasteiger partial charge in [-0.25, -0.2) is 9.29 Å². The molecule has 0 atom stereocenters. The maximum Gasteiger partial charge on any atom is 0.234 e. The summed E-state index contributed by atoms with van der Waals surface area (Å²) < 4.78 is 18.8. The quantitative estimate of drug-likeness (QED) is 0.649. The Bertz CT molecular complexity index is 714. The summed E-state index contributed by atoms with van der Waals surface area (Å²) in [6, 6.07) is 5.12. The van der Waals surface area contributed by atoms with E-state index in [2.05, 4.69) is 0 Å². The minimum atomic E-state index is -0.329. The number of quaternary nitrogens is 2. The number of methoxy groups -OCH3 is 1. The van der Waals surface area contributed by atoms with Crippen LogP contribution in [0.5, 0.6) is 5.75 Å². The van der Waals surface area contributed by atoms with E-state index in [0.29, 0.717) is 19.5 Å². The molecule has 0 aromatic heterocycles. The molecule has 1 aromatic rings. The van der Waals surface area contributed by atoms with Crippen molar-refractivity contribution >= 4 is 11.8 Å². The van der Waals surface area contributed by atoms with Gasteiger partial charge in [-0.15, -0.1) is 0 Å². The van der Waals surface area contributed by atoms with Crippen LogP contribution < -0.4 is 14.5 Å². The highest BCUT2D eigenvalue weighted by molar-refractivity contribution is 5.98. The summed E-state index contributed by atoms with van der Waals surface area (Å²) in [4.78, 5) is 29.1. The van der Waals surface area contributed by atoms with Gasteiger partial charge in [-0.1, -0.05) is 13.8 Å². The summed E-state index contributed by atoms with van der Waals surface area (Å²) in [6.07, 6.45) is 1.77. The number of amides is 2. The fraction of sp³-hybridized carbons (Fsp3) is 0.619. The Morgan fingerprint density at radius 1 is 1.11 bits per heavy atom. The van der Waals surface area contributed by atoms with Gasteiger partial charge in [-0.3, -0.25) is 9.59 Å². The van der Waals surface area contributed by atoms with Gasteiger partial charge in [0.1, 0.15) is 32.7 Å². The molecule has 1 aromatic carbocycles. The van der Waals surface area contributed by atoms with E-state index >= 15 is 0 Å². The zero-order valence-corrected chi connectivity index (χ0v) is 17.1. The van der Waals surface area contributed by atoms with Crippen molar-refractivity contribution in [3.63, 3.8) is 0 Å². The maximum atomic E-state index is 13.9. The van der Waals surface area contributed by atoms with Crippen LogP contribution in [0.1, 0.15) is 38.7 Å². The molecule has 2 aliphatic rings. The third kappa shape index (κ3) is 4.70. The third-order valence-corrected chi connectivity index (χ3v) is 6.33. The fourth-order valence-electron chi connectivity index (χ4n) is 4.17. The SMILES string of the molecule is CCC1(C)CC(=O)N(C[NH+]2CC[NH+](Cc3ccc(OC)c(F)c3)CC2)C(=O)C1. The van der Waals surface area contributed by atoms with Gasteiger partial charge < -0.3 is 14.5 Å². The van der Waals surface area contributed by atoms with E-state index in [0.717, 1.165) is 44.7 Å². The van der Waals surface area contributed by atoms with Crippen LogP contribution in [-0.2, 0) is 16.1 Å². The summed E-state index contributed by atoms with van der Waals surface area (Å²) in [6.45, 7) is 8.98. The summed E-state index contributed by atoms with van der Waals surface area (Å²) >= 11 is 0. The summed E-state index contributed by atoms with van der Waals surface area (Å²) in [5.74, 6) is -0.124. The Balaban J connectivity index is 1.50. The third-order valence-electron chi connectivity index (χ3n) is 6.33. The van der Waals surface area contributed by atoms with Gasteiger partial charge >= 0.3 is 0 Å². The van der Waals surface area contributed by atoms with Crippen molar-refractivity contribution in [1.29, 1.82) is 0 Å². The number of piperidine rings is 1. The molecule has 0 spiro atoms. The highest BCUT2D eigenvalue weighted by Crippen LogP contribution is 2.34. The normalized spacial score (nSPS) is 25.1. The second-order valence-corrected chi connectivity index (χ2v) is 8.54. The number of hydrogen-bond acceptors (Lipinski definition) is 3. The van der Waals surface area contributed by atoms with Crippen molar-refractivity contribution in [2.45, 2.75) is 39.7 Å². The molecule has 28 heavy (non-hydrogen) atoms. The topological polar surface area (TPSA) is 55.5 Å². The number of halogens is 1. The van der Waals surface area contributed by atoms with Crippen molar-refractivity contribution in [2.24, 2.45) is 5.41 Å². The molecule has 0 aliphatic carbocycles. The van der Waals surface area contributed by atoms with Gasteiger partial charge in [0.2, 0.25) is 11.8 Å². The van der Waals surface area contributed by atoms with E-state index in [1.54, 1.807) is 12.1 Å². The molecule has 2 N–H and O–H groups in total. The molecule has 7 heteroatoms. The van der Waals surface area contributed by atoms with Gasteiger partial charge in [0.25, 0.3) is 0 Å². The largest absolute Gasteiger partial charge is 0.494 e. The molecule has 154 valence electrons. The van der Waals surface area contributed by atoms with Gasteiger partial charge in [-0.05, 0) is 30.0 Å². The first-order valence-electron chi connectivity index (χ1n) is 10.2. The molecule has 3 rings (SSSR count). The molecule has 2 amide bonds. The molecule has 2 heterocycles. The first kappa shape index (κ1) is 20.7. The Hall–Kier alpha value is -1.99. The lowest BCUT2D eigenvalue weighted by Crippen LogP contribution is -3.28. The Kier molecular flexibility index (Phi) is 6.35. The van der Waals surface area contributed by atoms with Crippen LogP contribution in [0.2, 0.25) is 0 Å². The molecule has 0 bridgehead atoms. The Morgan fingerprint density at radius 2 is 1.71 bits per heavy atom. The van der Waals surface area contributed by atoms with Gasteiger partial charge in [0, 0.05) is 18.4 Å². The van der Waals surface area contributed by atoms with Gasteiger partial charge in [0.05, 0.1) is 7.11 Å². The monoisotopic (exact) mass is 393 g/mol. The molecule has 6 nitrogen and oxygen atoms in total. The minimum Gasteiger partial charge on any atom is -0.494 e. The smallest absolute Gasteiger partial charge is 0.234 e. The zero-order valence-electron chi connectivity index (χ0n) is 17.1. The van der Waals surface area contributed by atoms with Crippen molar-refractivity contribution in [3.05, 3.63) is 29.6 Å². The zero-order chi connectivity index (χ0) is 20.3. The highest BCUT2D eigenvalue weighted by atomic mass is 19.1. The van der Waals surface area contributed by atoms with Gasteiger partial charge in [0.15, 0.2) is 18.2 Å². The lowest BCUT2D eigenvalue weighted by Gasteiger charge is -2.38. The molecular formula is C21H32FN3O3+2. The Labute approximate surface area is 166 Å². The lowest BCUT2D eigenvalue weighted by atomic mass is 9.77. The predicted octanol–water partition coefficient (Wildman–Crippen LogP) is -0.359. The number of rotatable bonds is 6. The first-order valence-corrected chi connectivity index (χ1v) is 10.2. The van der Waals surface area contributed by atoms with Crippen LogP contribution in [0.3, 0.4) is 0 Å². The van der Waals surface area contributed by atoms with Crippen LogP contribution in [-0.4, -0.2) is 56.7 Å². The molecule has 2 fully saturated rings. The van der Waals surface area contributed by atoms with E-state index in [1.807, 2.05) is 19.9 Å². The molecule has 0 radical (unpaired) electrons. The number of hydrogen-bond donors (Lipinski definition) is 2. The van der Waals surface area contributed by atoms with Crippen LogP contribution in [0.4, 0.5) is 4.39 Å². The number of carbonyl (C=O) groups is 2. The van der Waals surface area contributed by atoms with Crippen LogP contribution in [0.25, 0.3) is 0 Å². The number of carbonyl (C=O) groups excluding carboxylic acids is 2. The average Bonchev–Trinajstić information content (AvgIpc) is 2.66. The van der Waals surface area contributed by atoms with E-state index in [-0.39, 0.29) is 28.8 Å². The number of likely N-dealkylation sites (tertiary alicyclic amines) is 1. The molecular weight excluding hydrogens is 361 g/mol. The maximum absolute atomic E-state index is 13.9. The number of ether oxygens (including phenoxy) is 1. The standard InChI is InChI=1S/C21H30FN3O3/c1-4-21(2)12-19(26)25(20(27)13-21)15-24-9-7-23(8-10-24)14-16-5-6-18(28-3)17(22)11-16/h5-6,11H,4,7-10,12-15H2,1-3H3/p+2. The van der Waals surface area contributed by atoms with Crippen LogP contribution in [0.15, 0.2) is 18.2 Å². The van der Waals surface area contributed by atoms with E-state index in [1.165, 1.54) is 21.8 Å². The van der Waals surface area contributed by atoms with Crippen molar-refractivity contribution in [3.8, 4) is 5.75 Å². The molecule has 0 saturated carbocycles. The summed E-state index contributed by atoms with van der Waals surface area (Å²) in [5.41, 5.74) is 0.772. The lowest BCUT2D eigenvalue weighted by molar-refractivity contribution is -1.02. The summed E-state index contributed by atoms with van der Waals surface area (Å²) in [7, 11) is 1.46. The Morgan fingerprint density at radius 3 is 2.25 bits per heavy atom. The van der Waals surface area contributed by atoms with Crippen LogP contribution >= 0.6 is 0 Å². The van der Waals surface area contributed by atoms with E-state index in [9.17, 15) is 14.0 Å². The number of imide groups is 1. The number of piperazine rings is 1. The van der Waals surface area contributed by atoms with Crippen LogP contribution in [0, 0.1) is 11.2 Å². The van der Waals surface area contributed by atoms with Crippen molar-refractivity contribution in [2.75, 3.05) is 40.0 Å². The minimum absolute atomic E-state index is 0.0309. The fourth-order valence-corrected chi connectivity index (χ4v) is 4.17. The average molecular weight is 394 g/mol. The number of nitrogens with zero attached hydrogens (tertiary/aromatic N) is 1. The van der Waals surface area contributed by atoms with Crippen molar-refractivity contribution in [1.82, 2.24) is 4.90 Å². The van der Waals surface area contributed by atoms with Gasteiger partial charge in [-0.2, -0.15) is 0 Å². The second kappa shape index (κ2) is 8.57. The van der Waals surface area contributed by atoms with E-state index < -0.39 is 0 Å². The molecule has 2 saturated heterocycles. The number of nitrogens with one attached hydrogen (secondary N) is 2. The van der Waals surface area contributed by atoms with Crippen molar-refractivity contribution < 1.29 is 28.5 Å². The summed E-state index contributed by atoms with van der Waals surface area (Å²) in [5, 5.41) is 0.